The molecule has 0 saturated carbocycles. The van der Waals surface area contributed by atoms with Crippen LogP contribution in [-0.4, -0.2) is 41.4 Å². The predicted octanol–water partition coefficient (Wildman–Crippen LogP) is 8.50. The van der Waals surface area contributed by atoms with Crippen molar-refractivity contribution in [3.63, 3.8) is 0 Å². The maximum Gasteiger partial charge on any atom is 0.338 e. The van der Waals surface area contributed by atoms with Gasteiger partial charge in [0.25, 0.3) is 0 Å². The largest absolute Gasteiger partial charge is 1.00 e. The van der Waals surface area contributed by atoms with E-state index in [1.54, 1.807) is 12.1 Å². The molecular weight excluding hydrogens is 784 g/mol. The first kappa shape index (κ1) is 43.0. The van der Waals surface area contributed by atoms with Gasteiger partial charge < -0.3 is 31.4 Å². The molecule has 0 bridgehead atoms. The van der Waals surface area contributed by atoms with Crippen LogP contribution in [-0.2, 0) is 20.4 Å². The fraction of sp³-hybridized carbons (Fsp3) is 0.417. The molecule has 0 radical (unpaired) electrons. The number of esters is 2. The SMILES string of the molecule is C[N+]1=C(/C=C/C2=C(Cl)C(C=C=C3N(CCCCCC(=O)Oc4ccccc4)c4ccccc4C3(C)C)CCC2)C(C)(C)c2cc(C(=O)OC(C)(C)C)ccc21.[Br-]. The molecule has 3 aliphatic rings. The van der Waals surface area contributed by atoms with Gasteiger partial charge in [-0.3, -0.25) is 4.79 Å². The number of halogens is 2. The summed E-state index contributed by atoms with van der Waals surface area (Å²) in [6, 6.07) is 23.8. The van der Waals surface area contributed by atoms with Crippen LogP contribution in [0.2, 0.25) is 0 Å². The summed E-state index contributed by atoms with van der Waals surface area (Å²) in [6.45, 7) is 15.5. The Kier molecular flexibility index (Phi) is 13.5. The van der Waals surface area contributed by atoms with Crippen molar-refractivity contribution in [2.45, 2.75) is 110 Å². The van der Waals surface area contributed by atoms with Crippen molar-refractivity contribution in [1.29, 1.82) is 0 Å². The molecule has 8 heteroatoms. The number of anilines is 1. The number of fused-ring (bicyclic) bond motifs is 2. The first-order chi connectivity index (χ1) is 26.1. The topological polar surface area (TPSA) is 58.8 Å². The van der Waals surface area contributed by atoms with Crippen molar-refractivity contribution < 1.29 is 40.6 Å². The van der Waals surface area contributed by atoms with Crippen LogP contribution in [0.3, 0.4) is 0 Å². The summed E-state index contributed by atoms with van der Waals surface area (Å²) in [4.78, 5) is 27.7. The molecule has 0 N–H and O–H groups in total. The monoisotopic (exact) mass is 838 g/mol. The highest BCUT2D eigenvalue weighted by atomic mass is 79.9. The third kappa shape index (κ3) is 9.34. The number of unbranched alkanes of at least 4 members (excludes halogenated alkanes) is 2. The third-order valence-corrected chi connectivity index (χ3v) is 11.6. The van der Waals surface area contributed by atoms with Crippen molar-refractivity contribution >= 4 is 40.6 Å². The molecule has 1 atom stereocenters. The van der Waals surface area contributed by atoms with Crippen LogP contribution in [0.25, 0.3) is 0 Å². The van der Waals surface area contributed by atoms with E-state index in [-0.39, 0.29) is 45.7 Å². The summed E-state index contributed by atoms with van der Waals surface area (Å²) < 4.78 is 13.4. The molecule has 6 nitrogen and oxygen atoms in total. The van der Waals surface area contributed by atoms with Gasteiger partial charge >= 0.3 is 11.9 Å². The van der Waals surface area contributed by atoms with E-state index >= 15 is 0 Å². The van der Waals surface area contributed by atoms with Gasteiger partial charge in [-0.15, -0.1) is 5.73 Å². The van der Waals surface area contributed by atoms with Crippen LogP contribution in [0, 0.1) is 5.92 Å². The van der Waals surface area contributed by atoms with Gasteiger partial charge in [0.05, 0.1) is 16.7 Å². The van der Waals surface area contributed by atoms with Gasteiger partial charge in [0.1, 0.15) is 18.4 Å². The summed E-state index contributed by atoms with van der Waals surface area (Å²) in [5.41, 5.74) is 11.4. The molecule has 0 fully saturated rings. The molecule has 2 aliphatic heterocycles. The van der Waals surface area contributed by atoms with Crippen molar-refractivity contribution in [1.82, 2.24) is 0 Å². The summed E-state index contributed by atoms with van der Waals surface area (Å²) in [6.07, 6.45) is 12.6. The first-order valence-corrected chi connectivity index (χ1v) is 20.1. The lowest BCUT2D eigenvalue weighted by Gasteiger charge is -2.26. The third-order valence-electron chi connectivity index (χ3n) is 11.1. The van der Waals surface area contributed by atoms with Gasteiger partial charge in [0.15, 0.2) is 5.71 Å². The van der Waals surface area contributed by atoms with E-state index in [0.717, 1.165) is 78.3 Å². The number of hydrogen-bond acceptors (Lipinski definition) is 5. The number of hydrogen-bond donors (Lipinski definition) is 0. The van der Waals surface area contributed by atoms with Crippen LogP contribution in [0.15, 0.2) is 113 Å². The molecule has 1 aliphatic carbocycles. The van der Waals surface area contributed by atoms with Crippen LogP contribution in [0.1, 0.15) is 115 Å². The van der Waals surface area contributed by atoms with Crippen LogP contribution >= 0.6 is 11.6 Å². The second kappa shape index (κ2) is 17.5. The number of carbonyl (C=O) groups excluding carboxylic acids is 2. The maximum absolute atomic E-state index is 12.9. The Labute approximate surface area is 349 Å². The van der Waals surface area contributed by atoms with Crippen molar-refractivity contribution in [3.8, 4) is 5.75 Å². The van der Waals surface area contributed by atoms with Crippen LogP contribution in [0.4, 0.5) is 11.4 Å². The van der Waals surface area contributed by atoms with E-state index in [2.05, 4.69) is 92.4 Å². The minimum Gasteiger partial charge on any atom is -1.00 e. The number of carbonyl (C=O) groups is 2. The number of rotatable bonds is 11. The molecule has 1 unspecified atom stereocenters. The van der Waals surface area contributed by atoms with E-state index in [4.69, 9.17) is 21.1 Å². The van der Waals surface area contributed by atoms with Gasteiger partial charge in [-0.1, -0.05) is 60.5 Å². The normalized spacial score (nSPS) is 18.3. The highest BCUT2D eigenvalue weighted by Crippen LogP contribution is 2.48. The molecule has 6 rings (SSSR count). The molecular formula is C48H56BrClN2O4. The Hall–Kier alpha value is -4.16. The van der Waals surface area contributed by atoms with Crippen LogP contribution in [0.5, 0.6) is 5.75 Å². The molecule has 0 amide bonds. The van der Waals surface area contributed by atoms with Crippen molar-refractivity contribution in [2.75, 3.05) is 18.5 Å². The Bertz CT molecular complexity index is 2120. The quantitative estimate of drug-likeness (QED) is 0.0638. The zero-order valence-electron chi connectivity index (χ0n) is 34.2. The highest BCUT2D eigenvalue weighted by Gasteiger charge is 2.44. The molecule has 0 spiro atoms. The van der Waals surface area contributed by atoms with E-state index in [1.165, 1.54) is 11.3 Å². The maximum atomic E-state index is 12.9. The summed E-state index contributed by atoms with van der Waals surface area (Å²) in [5.74, 6) is 0.169. The molecule has 3 aromatic rings. The molecule has 0 saturated heterocycles. The predicted molar refractivity (Wildman–Crippen MR) is 224 cm³/mol. The van der Waals surface area contributed by atoms with Crippen molar-refractivity contribution in [2.24, 2.45) is 5.92 Å². The minimum absolute atomic E-state index is 0. The summed E-state index contributed by atoms with van der Waals surface area (Å²) in [5, 5.41) is 0.877. The van der Waals surface area contributed by atoms with Gasteiger partial charge in [0.2, 0.25) is 5.69 Å². The highest BCUT2D eigenvalue weighted by molar-refractivity contribution is 6.30. The smallest absolute Gasteiger partial charge is 0.338 e. The number of allylic oxidation sites excluding steroid dienone is 5. The van der Waals surface area contributed by atoms with Crippen molar-refractivity contribution in [3.05, 3.63) is 130 Å². The lowest BCUT2D eigenvalue weighted by molar-refractivity contribution is -0.401. The van der Waals surface area contributed by atoms with Gasteiger partial charge in [-0.2, -0.15) is 4.58 Å². The average molecular weight is 840 g/mol. The minimum atomic E-state index is -0.556. The Morgan fingerprint density at radius 2 is 1.64 bits per heavy atom. The average Bonchev–Trinajstić information content (AvgIpc) is 3.47. The zero-order chi connectivity index (χ0) is 39.5. The van der Waals surface area contributed by atoms with E-state index in [1.807, 2.05) is 57.2 Å². The molecule has 2 heterocycles. The van der Waals surface area contributed by atoms with E-state index in [0.29, 0.717) is 17.7 Å². The number of ether oxygens (including phenoxy) is 2. The number of benzene rings is 3. The fourth-order valence-electron chi connectivity index (χ4n) is 8.18. The van der Waals surface area contributed by atoms with E-state index in [9.17, 15) is 9.59 Å². The first-order valence-electron chi connectivity index (χ1n) is 19.7. The molecule has 56 heavy (non-hydrogen) atoms. The molecule has 0 aromatic heterocycles. The Morgan fingerprint density at radius 1 is 0.929 bits per heavy atom. The fourth-order valence-corrected chi connectivity index (χ4v) is 8.51. The number of nitrogens with zero attached hydrogens (tertiary/aromatic N) is 2. The molecule has 3 aromatic carbocycles. The zero-order valence-corrected chi connectivity index (χ0v) is 36.5. The lowest BCUT2D eigenvalue weighted by Crippen LogP contribution is -3.00. The van der Waals surface area contributed by atoms with Gasteiger partial charge in [-0.25, -0.2) is 4.79 Å². The second-order valence-electron chi connectivity index (χ2n) is 17.1. The second-order valence-corrected chi connectivity index (χ2v) is 17.5. The number of para-hydroxylation sites is 2. The van der Waals surface area contributed by atoms with Gasteiger partial charge in [-0.05, 0) is 128 Å². The van der Waals surface area contributed by atoms with Gasteiger partial charge in [0, 0.05) is 52.7 Å². The van der Waals surface area contributed by atoms with Crippen LogP contribution < -0.4 is 26.6 Å². The lowest BCUT2D eigenvalue weighted by atomic mass is 9.80. The Morgan fingerprint density at radius 3 is 2.38 bits per heavy atom. The molecule has 296 valence electrons. The standard InChI is InChI=1S/C48H56ClN2O4.BrH/c1-46(2,3)55-45(53)35-25-28-39-38(32-35)48(6,7)41(50(39)8)29-26-33-18-17-19-34(44(33)49)27-30-42-47(4,5)37-22-14-15-23-40(37)51(42)31-16-10-13-24-43(52)54-36-20-11-9-12-21-36;/h9,11-12,14-15,20-23,25-29,32,34H,10,13,16-19,24,31H2,1-8H3;1H/q+1;/p-1/b29-26+;. The Balaban J connectivity index is 0.00000600. The summed E-state index contributed by atoms with van der Waals surface area (Å²) >= 11 is 7.24. The summed E-state index contributed by atoms with van der Waals surface area (Å²) in [7, 11) is 2.09. The van der Waals surface area contributed by atoms with E-state index < -0.39 is 5.60 Å².